The molecule has 0 spiro atoms. The van der Waals surface area contributed by atoms with E-state index in [4.69, 9.17) is 9.47 Å². The number of anilines is 1. The Labute approximate surface area is 386 Å². The summed E-state index contributed by atoms with van der Waals surface area (Å²) < 4.78 is 9.74. The summed E-state index contributed by atoms with van der Waals surface area (Å²) >= 11 is 0. The van der Waals surface area contributed by atoms with Crippen molar-refractivity contribution in [2.24, 2.45) is 23.7 Å². The fraction of sp³-hybridized carbons (Fsp3) is 0.556. The number of carbonyl (C=O) groups excluding carboxylic acids is 6. The Morgan fingerprint density at radius 2 is 0.954 bits per heavy atom. The van der Waals surface area contributed by atoms with E-state index in [-0.39, 0.29) is 78.4 Å². The lowest BCUT2D eigenvalue weighted by atomic mass is 9.87. The van der Waals surface area contributed by atoms with Crippen LogP contribution in [-0.2, 0) is 56.5 Å². The maximum Gasteiger partial charge on any atom is 0.306 e. The van der Waals surface area contributed by atoms with Crippen molar-refractivity contribution >= 4 is 41.0 Å². The Morgan fingerprint density at radius 1 is 0.569 bits per heavy atom. The fourth-order valence-electron chi connectivity index (χ4n) is 10.2. The van der Waals surface area contributed by atoms with Crippen molar-refractivity contribution in [2.75, 3.05) is 32.2 Å². The minimum Gasteiger partial charge on any atom is -0.469 e. The molecule has 6 atom stereocenters. The third-order valence-corrected chi connectivity index (χ3v) is 14.2. The molecule has 0 N–H and O–H groups in total. The van der Waals surface area contributed by atoms with Crippen molar-refractivity contribution < 1.29 is 38.2 Å². The number of hydrogen-bond donors (Lipinski definition) is 0. The molecule has 11 nitrogen and oxygen atoms in total. The maximum atomic E-state index is 13.8. The van der Waals surface area contributed by atoms with Gasteiger partial charge in [0.05, 0.1) is 63.1 Å². The second-order valence-corrected chi connectivity index (χ2v) is 20.2. The van der Waals surface area contributed by atoms with Crippen LogP contribution in [-0.4, -0.2) is 84.5 Å². The van der Waals surface area contributed by atoms with Crippen LogP contribution in [0.3, 0.4) is 0 Å². The van der Waals surface area contributed by atoms with E-state index in [1.807, 2.05) is 52.0 Å². The Morgan fingerprint density at radius 3 is 1.29 bits per heavy atom. The van der Waals surface area contributed by atoms with Gasteiger partial charge in [-0.3, -0.25) is 28.8 Å². The van der Waals surface area contributed by atoms with Crippen molar-refractivity contribution in [3.8, 4) is 0 Å². The third-order valence-electron chi connectivity index (χ3n) is 14.2. The quantitative estimate of drug-likeness (QED) is 0.122. The van der Waals surface area contributed by atoms with Crippen molar-refractivity contribution in [1.29, 1.82) is 0 Å². The summed E-state index contributed by atoms with van der Waals surface area (Å²) in [6, 6.07) is 24.8. The second kappa shape index (κ2) is 21.3. The average Bonchev–Trinajstić information content (AvgIpc) is 4.08. The lowest BCUT2D eigenvalue weighted by molar-refractivity contribution is -0.149. The molecule has 65 heavy (non-hydrogen) atoms. The summed E-state index contributed by atoms with van der Waals surface area (Å²) in [4.78, 5) is 85.1. The van der Waals surface area contributed by atoms with Gasteiger partial charge in [0.25, 0.3) is 0 Å². The maximum absolute atomic E-state index is 13.8. The number of carbonyl (C=O) groups is 6. The molecule has 11 heteroatoms. The molecule has 0 radical (unpaired) electrons. The van der Waals surface area contributed by atoms with Gasteiger partial charge in [0, 0.05) is 31.6 Å². The lowest BCUT2D eigenvalue weighted by Gasteiger charge is -2.34. The monoisotopic (exact) mass is 890 g/mol. The molecule has 3 aromatic rings. The molecule has 0 bridgehead atoms. The average molecular weight is 890 g/mol. The fourth-order valence-corrected chi connectivity index (χ4v) is 10.2. The van der Waals surface area contributed by atoms with E-state index in [2.05, 4.69) is 74.2 Å². The van der Waals surface area contributed by atoms with Crippen LogP contribution in [0.2, 0.25) is 0 Å². The minimum atomic E-state index is -0.531. The molecule has 3 aliphatic heterocycles. The molecular weight excluding hydrogens is 819 g/mol. The molecular formula is C54H71N3O8. The number of Topliss-reactive ketones (excluding diaryl/α,β-unsaturated/α-hetero) is 2. The molecule has 3 fully saturated rings. The predicted octanol–water partition coefficient (Wildman–Crippen LogP) is 8.94. The first-order valence-corrected chi connectivity index (χ1v) is 23.8. The Kier molecular flexibility index (Phi) is 16.1. The van der Waals surface area contributed by atoms with Gasteiger partial charge in [0.2, 0.25) is 11.8 Å². The molecule has 3 heterocycles. The van der Waals surface area contributed by atoms with Crippen molar-refractivity contribution in [1.82, 2.24) is 9.80 Å². The van der Waals surface area contributed by atoms with Gasteiger partial charge in [-0.05, 0) is 95.7 Å². The zero-order chi connectivity index (χ0) is 47.2. The summed E-state index contributed by atoms with van der Waals surface area (Å²) in [5, 5.41) is 0. The van der Waals surface area contributed by atoms with Crippen molar-refractivity contribution in [3.05, 3.63) is 101 Å². The van der Waals surface area contributed by atoms with Gasteiger partial charge in [0.1, 0.15) is 0 Å². The lowest BCUT2D eigenvalue weighted by Crippen LogP contribution is -2.45. The first-order chi connectivity index (χ1) is 30.9. The van der Waals surface area contributed by atoms with Crippen LogP contribution < -0.4 is 4.90 Å². The number of ether oxygens (including phenoxy) is 2. The SMILES string of the molecule is COC(=O)C[C@H](C(=O)N1CCCC1C(=O)Cc1ccc([C@@H]2CC[C@@H](c3ccc(CC(=O)[C@@H]4CCCN4C(=O)[C@@H](CC(=O)OC)C(C)C)cc3)N2c2ccc(C(C)(C)C)cc2)cc1)C(C)C. The Balaban J connectivity index is 1.17. The van der Waals surface area contributed by atoms with E-state index in [1.165, 1.54) is 19.8 Å². The molecule has 6 rings (SSSR count). The van der Waals surface area contributed by atoms with Gasteiger partial charge in [-0.25, -0.2) is 0 Å². The summed E-state index contributed by atoms with van der Waals surface area (Å²) in [5.41, 5.74) is 6.51. The van der Waals surface area contributed by atoms with E-state index in [0.29, 0.717) is 25.9 Å². The topological polar surface area (TPSA) is 131 Å². The molecule has 3 saturated heterocycles. The van der Waals surface area contributed by atoms with Gasteiger partial charge in [-0.1, -0.05) is 109 Å². The summed E-state index contributed by atoms with van der Waals surface area (Å²) in [6.07, 6.45) is 5.04. The molecule has 350 valence electrons. The highest BCUT2D eigenvalue weighted by atomic mass is 16.5. The highest BCUT2D eigenvalue weighted by molar-refractivity contribution is 5.93. The van der Waals surface area contributed by atoms with Gasteiger partial charge in [0.15, 0.2) is 11.6 Å². The smallest absolute Gasteiger partial charge is 0.306 e. The van der Waals surface area contributed by atoms with Crippen LogP contribution in [0.4, 0.5) is 5.69 Å². The molecule has 0 saturated carbocycles. The number of benzene rings is 3. The standard InChI is InChI=1S/C54H71N3O8/c1-34(2)42(32-50(60)64-8)52(62)55-28-10-12-46(55)48(58)30-36-14-18-38(19-15-36)44-26-27-45(57(44)41-24-22-40(23-25-41)54(5,6)7)39-20-16-37(17-21-39)31-49(59)47-13-11-29-56(47)53(63)43(35(3)4)33-51(61)65-9/h14-25,34-35,42-47H,10-13,26-33H2,1-9H3/t42-,43-,44-,45-,46-,47?/m0/s1. The molecule has 0 aromatic heterocycles. The van der Waals surface area contributed by atoms with Gasteiger partial charge in [-0.2, -0.15) is 0 Å². The normalized spacial score (nSPS) is 20.9. The zero-order valence-corrected chi connectivity index (χ0v) is 40.1. The number of rotatable bonds is 17. The highest BCUT2D eigenvalue weighted by Gasteiger charge is 2.41. The van der Waals surface area contributed by atoms with Gasteiger partial charge in [-0.15, -0.1) is 0 Å². The minimum absolute atomic E-state index is 0.00315. The first-order valence-electron chi connectivity index (χ1n) is 23.8. The molecule has 3 aliphatic rings. The largest absolute Gasteiger partial charge is 0.469 e. The zero-order valence-electron chi connectivity index (χ0n) is 40.1. The molecule has 1 unspecified atom stereocenters. The summed E-state index contributed by atoms with van der Waals surface area (Å²) in [5.74, 6) is -2.31. The highest BCUT2D eigenvalue weighted by Crippen LogP contribution is 2.47. The van der Waals surface area contributed by atoms with E-state index in [0.717, 1.165) is 53.6 Å². The molecule has 0 aliphatic carbocycles. The number of amides is 2. The molecule has 2 amide bonds. The molecule has 3 aromatic carbocycles. The van der Waals surface area contributed by atoms with Crippen LogP contribution in [0.25, 0.3) is 0 Å². The van der Waals surface area contributed by atoms with Gasteiger partial charge >= 0.3 is 11.9 Å². The Bertz CT molecular complexity index is 2030. The van der Waals surface area contributed by atoms with Crippen LogP contribution in [0, 0.1) is 23.7 Å². The van der Waals surface area contributed by atoms with E-state index >= 15 is 0 Å². The van der Waals surface area contributed by atoms with Crippen LogP contribution in [0.1, 0.15) is 140 Å². The van der Waals surface area contributed by atoms with Crippen LogP contribution in [0.5, 0.6) is 0 Å². The first kappa shape index (κ1) is 49.1. The van der Waals surface area contributed by atoms with Crippen molar-refractivity contribution in [3.63, 3.8) is 0 Å². The van der Waals surface area contributed by atoms with Crippen LogP contribution >= 0.6 is 0 Å². The predicted molar refractivity (Wildman–Crippen MR) is 252 cm³/mol. The number of methoxy groups -OCH3 is 2. The van der Waals surface area contributed by atoms with E-state index in [9.17, 15) is 28.8 Å². The van der Waals surface area contributed by atoms with Crippen molar-refractivity contribution in [2.45, 2.75) is 142 Å². The second-order valence-electron chi connectivity index (χ2n) is 20.2. The van der Waals surface area contributed by atoms with Gasteiger partial charge < -0.3 is 24.2 Å². The summed E-state index contributed by atoms with van der Waals surface area (Å²) in [6.45, 7) is 15.4. The summed E-state index contributed by atoms with van der Waals surface area (Å²) in [7, 11) is 2.65. The number of ketones is 2. The van der Waals surface area contributed by atoms with Crippen LogP contribution in [0.15, 0.2) is 72.8 Å². The number of hydrogen-bond acceptors (Lipinski definition) is 9. The number of esters is 2. The van der Waals surface area contributed by atoms with E-state index < -0.39 is 35.9 Å². The van der Waals surface area contributed by atoms with E-state index in [1.54, 1.807) is 9.80 Å². The third kappa shape index (κ3) is 11.6. The number of likely N-dealkylation sites (tertiary alicyclic amines) is 2. The Hall–Kier alpha value is -5.32. The number of nitrogens with zero attached hydrogens (tertiary/aromatic N) is 3.